The zero-order valence-electron chi connectivity index (χ0n) is 15.1. The molecular formula is C18H22N4O4S. The summed E-state index contributed by atoms with van der Waals surface area (Å²) in [4.78, 5) is 11.3. The Labute approximate surface area is 158 Å². The maximum Gasteiger partial charge on any atom is 0.243 e. The van der Waals surface area contributed by atoms with Crippen molar-refractivity contribution in [2.24, 2.45) is 0 Å². The smallest absolute Gasteiger partial charge is 0.243 e. The molecule has 0 atom stereocenters. The molecule has 0 radical (unpaired) electrons. The van der Waals surface area contributed by atoms with E-state index in [4.69, 9.17) is 4.42 Å². The van der Waals surface area contributed by atoms with Gasteiger partial charge in [-0.3, -0.25) is 4.79 Å². The van der Waals surface area contributed by atoms with Crippen LogP contribution >= 0.6 is 0 Å². The summed E-state index contributed by atoms with van der Waals surface area (Å²) in [6, 6.07) is 6.23. The molecule has 0 bridgehead atoms. The van der Waals surface area contributed by atoms with E-state index in [0.717, 1.165) is 18.7 Å². The molecule has 0 spiro atoms. The molecule has 1 N–H and O–H groups in total. The topological polar surface area (TPSA) is 105 Å². The maximum absolute atomic E-state index is 12.9. The van der Waals surface area contributed by atoms with Crippen molar-refractivity contribution in [3.63, 3.8) is 0 Å². The van der Waals surface area contributed by atoms with Crippen LogP contribution in [0.4, 0.5) is 5.69 Å². The van der Waals surface area contributed by atoms with Gasteiger partial charge in [0.15, 0.2) is 0 Å². The molecule has 1 aliphatic heterocycles. The molecule has 1 saturated carbocycles. The van der Waals surface area contributed by atoms with E-state index in [0.29, 0.717) is 43.4 Å². The normalized spacial score (nSPS) is 19.1. The minimum absolute atomic E-state index is 0.110. The third-order valence-electron chi connectivity index (χ3n) is 5.00. The van der Waals surface area contributed by atoms with Gasteiger partial charge in [-0.2, -0.15) is 4.31 Å². The highest BCUT2D eigenvalue weighted by Gasteiger charge is 2.34. The van der Waals surface area contributed by atoms with Crippen molar-refractivity contribution in [2.75, 3.05) is 18.4 Å². The number of nitrogens with one attached hydrogen (secondary N) is 1. The third-order valence-corrected chi connectivity index (χ3v) is 6.91. The number of piperidine rings is 1. The number of amides is 1. The fourth-order valence-electron chi connectivity index (χ4n) is 3.31. The van der Waals surface area contributed by atoms with Crippen molar-refractivity contribution >= 4 is 21.6 Å². The van der Waals surface area contributed by atoms with Crippen LogP contribution in [0.25, 0.3) is 0 Å². The molecule has 2 fully saturated rings. The molecule has 1 amide bonds. The summed E-state index contributed by atoms with van der Waals surface area (Å²) >= 11 is 0. The third kappa shape index (κ3) is 3.89. The van der Waals surface area contributed by atoms with Crippen molar-refractivity contribution in [2.45, 2.75) is 49.3 Å². The summed E-state index contributed by atoms with van der Waals surface area (Å²) in [6.07, 6.45) is 3.54. The quantitative estimate of drug-likeness (QED) is 0.841. The van der Waals surface area contributed by atoms with Crippen LogP contribution in [0.3, 0.4) is 0 Å². The van der Waals surface area contributed by atoms with Crippen molar-refractivity contribution < 1.29 is 17.6 Å². The van der Waals surface area contributed by atoms with Crippen LogP contribution in [-0.4, -0.2) is 41.9 Å². The first-order valence-corrected chi connectivity index (χ1v) is 10.6. The van der Waals surface area contributed by atoms with Gasteiger partial charge < -0.3 is 9.73 Å². The number of aromatic nitrogens is 2. The molecule has 4 rings (SSSR count). The molecule has 27 heavy (non-hydrogen) atoms. The van der Waals surface area contributed by atoms with Gasteiger partial charge in [0.2, 0.25) is 27.7 Å². The number of carbonyl (C=O) groups excluding carboxylic acids is 1. The second kappa shape index (κ2) is 7.05. The molecule has 9 heteroatoms. The zero-order chi connectivity index (χ0) is 19.0. The first-order valence-electron chi connectivity index (χ1n) is 9.14. The lowest BCUT2D eigenvalue weighted by atomic mass is 9.98. The Morgan fingerprint density at radius 1 is 1.04 bits per heavy atom. The Morgan fingerprint density at radius 2 is 1.59 bits per heavy atom. The second-order valence-electron chi connectivity index (χ2n) is 7.14. The average Bonchev–Trinajstić information content (AvgIpc) is 3.39. The standard InChI is InChI=1S/C18H22N4O4S/c1-12(23)19-15-4-6-16(7-5-15)27(24,25)22-10-8-14(9-11-22)18-21-20-17(26-18)13-2-3-13/h4-7,13-14H,2-3,8-11H2,1H3,(H,19,23). The molecule has 8 nitrogen and oxygen atoms in total. The monoisotopic (exact) mass is 390 g/mol. The van der Waals surface area contributed by atoms with Gasteiger partial charge in [-0.05, 0) is 49.9 Å². The molecular weight excluding hydrogens is 368 g/mol. The predicted octanol–water partition coefficient (Wildman–Crippen LogP) is 2.47. The van der Waals surface area contributed by atoms with Gasteiger partial charge >= 0.3 is 0 Å². The lowest BCUT2D eigenvalue weighted by Gasteiger charge is -2.29. The summed E-state index contributed by atoms with van der Waals surface area (Å²) in [6.45, 7) is 2.25. The van der Waals surface area contributed by atoms with E-state index in [-0.39, 0.29) is 16.7 Å². The van der Waals surface area contributed by atoms with Gasteiger partial charge in [0, 0.05) is 37.5 Å². The Balaban J connectivity index is 1.40. The minimum Gasteiger partial charge on any atom is -0.425 e. The van der Waals surface area contributed by atoms with Crippen LogP contribution in [0, 0.1) is 0 Å². The summed E-state index contributed by atoms with van der Waals surface area (Å²) < 4.78 is 33.0. The van der Waals surface area contributed by atoms with E-state index < -0.39 is 10.0 Å². The molecule has 2 heterocycles. The van der Waals surface area contributed by atoms with Gasteiger partial charge in [0.25, 0.3) is 0 Å². The van der Waals surface area contributed by atoms with Crippen molar-refractivity contribution in [1.29, 1.82) is 0 Å². The number of anilines is 1. The van der Waals surface area contributed by atoms with Gasteiger partial charge in [-0.25, -0.2) is 8.42 Å². The fourth-order valence-corrected chi connectivity index (χ4v) is 4.78. The number of carbonyl (C=O) groups is 1. The molecule has 1 aliphatic carbocycles. The molecule has 0 unspecified atom stereocenters. The number of nitrogens with zero attached hydrogens (tertiary/aromatic N) is 3. The molecule has 2 aliphatic rings. The number of hydrogen-bond acceptors (Lipinski definition) is 6. The summed E-state index contributed by atoms with van der Waals surface area (Å²) in [5.74, 6) is 1.69. The first kappa shape index (κ1) is 18.1. The van der Waals surface area contributed by atoms with Crippen LogP contribution in [0.1, 0.15) is 56.2 Å². The van der Waals surface area contributed by atoms with Crippen LogP contribution in [-0.2, 0) is 14.8 Å². The summed E-state index contributed by atoms with van der Waals surface area (Å²) in [7, 11) is -3.56. The highest BCUT2D eigenvalue weighted by Crippen LogP contribution is 2.40. The molecule has 2 aromatic rings. The lowest BCUT2D eigenvalue weighted by Crippen LogP contribution is -2.37. The Hall–Kier alpha value is -2.26. The number of rotatable bonds is 5. The number of hydrogen-bond donors (Lipinski definition) is 1. The van der Waals surface area contributed by atoms with Crippen molar-refractivity contribution in [1.82, 2.24) is 14.5 Å². The summed E-state index contributed by atoms with van der Waals surface area (Å²) in [5.41, 5.74) is 0.572. The van der Waals surface area contributed by atoms with Crippen LogP contribution < -0.4 is 5.32 Å². The maximum atomic E-state index is 12.9. The summed E-state index contributed by atoms with van der Waals surface area (Å²) in [5, 5.41) is 10.9. The SMILES string of the molecule is CC(=O)Nc1ccc(S(=O)(=O)N2CCC(c3nnc(C4CC4)o3)CC2)cc1. The van der Waals surface area contributed by atoms with E-state index in [9.17, 15) is 13.2 Å². The van der Waals surface area contributed by atoms with Crippen LogP contribution in [0.5, 0.6) is 0 Å². The van der Waals surface area contributed by atoms with E-state index in [1.165, 1.54) is 23.4 Å². The van der Waals surface area contributed by atoms with Crippen LogP contribution in [0.2, 0.25) is 0 Å². The van der Waals surface area contributed by atoms with E-state index in [1.54, 1.807) is 12.1 Å². The number of sulfonamides is 1. The predicted molar refractivity (Wildman–Crippen MR) is 97.8 cm³/mol. The van der Waals surface area contributed by atoms with Gasteiger partial charge in [0.05, 0.1) is 4.90 Å². The van der Waals surface area contributed by atoms with Crippen molar-refractivity contribution in [3.05, 3.63) is 36.0 Å². The lowest BCUT2D eigenvalue weighted by molar-refractivity contribution is -0.114. The minimum atomic E-state index is -3.56. The highest BCUT2D eigenvalue weighted by atomic mass is 32.2. The van der Waals surface area contributed by atoms with Gasteiger partial charge in [0.1, 0.15) is 0 Å². The Kier molecular flexibility index (Phi) is 4.73. The highest BCUT2D eigenvalue weighted by molar-refractivity contribution is 7.89. The Morgan fingerprint density at radius 3 is 2.11 bits per heavy atom. The van der Waals surface area contributed by atoms with E-state index in [2.05, 4.69) is 15.5 Å². The number of benzene rings is 1. The Bertz CT molecular complexity index is 927. The second-order valence-corrected chi connectivity index (χ2v) is 9.07. The average molecular weight is 390 g/mol. The molecule has 1 aromatic carbocycles. The zero-order valence-corrected chi connectivity index (χ0v) is 15.9. The molecule has 1 saturated heterocycles. The largest absolute Gasteiger partial charge is 0.425 e. The van der Waals surface area contributed by atoms with Crippen LogP contribution in [0.15, 0.2) is 33.6 Å². The van der Waals surface area contributed by atoms with E-state index in [1.807, 2.05) is 0 Å². The molecule has 144 valence electrons. The van der Waals surface area contributed by atoms with E-state index >= 15 is 0 Å². The molecule has 1 aromatic heterocycles. The van der Waals surface area contributed by atoms with Gasteiger partial charge in [-0.15, -0.1) is 10.2 Å². The fraction of sp³-hybridized carbons (Fsp3) is 0.500. The first-order chi connectivity index (χ1) is 12.9. The van der Waals surface area contributed by atoms with Crippen molar-refractivity contribution in [3.8, 4) is 0 Å². The van der Waals surface area contributed by atoms with Gasteiger partial charge in [-0.1, -0.05) is 0 Å².